The zero-order valence-electron chi connectivity index (χ0n) is 13.2. The second-order valence-corrected chi connectivity index (χ2v) is 7.62. The van der Waals surface area contributed by atoms with E-state index in [1.807, 2.05) is 18.2 Å². The lowest BCUT2D eigenvalue weighted by molar-refractivity contribution is 0.378. The van der Waals surface area contributed by atoms with E-state index in [1.165, 1.54) is 0 Å². The number of benzene rings is 2. The maximum Gasteiger partial charge on any atom is 0.244 e. The summed E-state index contributed by atoms with van der Waals surface area (Å²) >= 11 is 0. The van der Waals surface area contributed by atoms with Crippen molar-refractivity contribution in [3.8, 4) is 17.2 Å². The van der Waals surface area contributed by atoms with E-state index >= 15 is 0 Å². The van der Waals surface area contributed by atoms with E-state index in [0.717, 1.165) is 18.5 Å². The molecule has 2 aromatic rings. The third-order valence-electron chi connectivity index (χ3n) is 4.24. The first-order chi connectivity index (χ1) is 11.6. The standard InChI is InChI=1S/C17H18N2O4S/c1-22-15-4-2-3-5-16(15)23-13-8-9-14-17(10-13)24(20,21)18-11-19(14)12-6-7-12/h2-5,8-10,12,18H,6-7,11H2,1H3. The molecular weight excluding hydrogens is 328 g/mol. The molecule has 0 radical (unpaired) electrons. The first-order valence-electron chi connectivity index (χ1n) is 7.80. The average Bonchev–Trinajstić information content (AvgIpc) is 3.41. The van der Waals surface area contributed by atoms with Gasteiger partial charge in [-0.3, -0.25) is 0 Å². The van der Waals surface area contributed by atoms with Gasteiger partial charge in [0, 0.05) is 12.1 Å². The van der Waals surface area contributed by atoms with Gasteiger partial charge in [-0.25, -0.2) is 8.42 Å². The Kier molecular flexibility index (Phi) is 3.62. The van der Waals surface area contributed by atoms with Crippen molar-refractivity contribution in [1.82, 2.24) is 4.72 Å². The number of anilines is 1. The minimum atomic E-state index is -3.51. The fourth-order valence-electron chi connectivity index (χ4n) is 2.87. The Labute approximate surface area is 141 Å². The van der Waals surface area contributed by atoms with Crippen molar-refractivity contribution in [2.24, 2.45) is 0 Å². The molecule has 0 saturated heterocycles. The molecule has 0 unspecified atom stereocenters. The summed E-state index contributed by atoms with van der Waals surface area (Å²) in [6.07, 6.45) is 2.20. The molecule has 0 aromatic heterocycles. The van der Waals surface area contributed by atoms with Gasteiger partial charge >= 0.3 is 0 Å². The number of hydrogen-bond acceptors (Lipinski definition) is 5. The monoisotopic (exact) mass is 346 g/mol. The van der Waals surface area contributed by atoms with Gasteiger partial charge in [0.1, 0.15) is 10.6 Å². The molecule has 7 heteroatoms. The van der Waals surface area contributed by atoms with Gasteiger partial charge in [-0.2, -0.15) is 4.72 Å². The number of methoxy groups -OCH3 is 1. The van der Waals surface area contributed by atoms with Gasteiger partial charge in [0.15, 0.2) is 11.5 Å². The maximum absolute atomic E-state index is 12.4. The van der Waals surface area contributed by atoms with Crippen LogP contribution in [0.2, 0.25) is 0 Å². The minimum absolute atomic E-state index is 0.257. The SMILES string of the molecule is COc1ccccc1Oc1ccc2c(c1)S(=O)(=O)NCN2C1CC1. The van der Waals surface area contributed by atoms with E-state index in [1.54, 1.807) is 31.4 Å². The fourth-order valence-corrected chi connectivity index (χ4v) is 4.07. The smallest absolute Gasteiger partial charge is 0.244 e. The molecule has 1 heterocycles. The Morgan fingerprint density at radius 2 is 1.88 bits per heavy atom. The molecule has 1 saturated carbocycles. The molecule has 2 aliphatic rings. The zero-order chi connectivity index (χ0) is 16.7. The molecule has 24 heavy (non-hydrogen) atoms. The van der Waals surface area contributed by atoms with E-state index in [4.69, 9.17) is 9.47 Å². The zero-order valence-corrected chi connectivity index (χ0v) is 14.0. The van der Waals surface area contributed by atoms with E-state index in [0.29, 0.717) is 30.0 Å². The van der Waals surface area contributed by atoms with Crippen LogP contribution in [-0.4, -0.2) is 28.2 Å². The van der Waals surface area contributed by atoms with E-state index in [2.05, 4.69) is 9.62 Å². The Morgan fingerprint density at radius 1 is 1.12 bits per heavy atom. The van der Waals surface area contributed by atoms with Crippen LogP contribution in [-0.2, 0) is 10.0 Å². The Balaban J connectivity index is 1.71. The summed E-state index contributed by atoms with van der Waals surface area (Å²) in [4.78, 5) is 2.36. The van der Waals surface area contributed by atoms with E-state index < -0.39 is 10.0 Å². The molecule has 0 amide bonds. The van der Waals surface area contributed by atoms with Crippen molar-refractivity contribution in [3.63, 3.8) is 0 Å². The van der Waals surface area contributed by atoms with Gasteiger partial charge in [-0.1, -0.05) is 12.1 Å². The summed E-state index contributed by atoms with van der Waals surface area (Å²) in [5.41, 5.74) is 0.739. The van der Waals surface area contributed by atoms with Crippen LogP contribution in [0.25, 0.3) is 0 Å². The highest BCUT2D eigenvalue weighted by Gasteiger charge is 2.36. The van der Waals surface area contributed by atoms with E-state index in [-0.39, 0.29) is 4.90 Å². The summed E-state index contributed by atoms with van der Waals surface area (Å²) in [6.45, 7) is 0.326. The Morgan fingerprint density at radius 3 is 2.58 bits per heavy atom. The predicted molar refractivity (Wildman–Crippen MR) is 90.2 cm³/mol. The highest BCUT2D eigenvalue weighted by Crippen LogP contribution is 2.40. The van der Waals surface area contributed by atoms with Gasteiger partial charge < -0.3 is 14.4 Å². The van der Waals surface area contributed by atoms with Crippen molar-refractivity contribution >= 4 is 15.7 Å². The summed E-state index contributed by atoms with van der Waals surface area (Å²) in [5.74, 6) is 1.59. The third-order valence-corrected chi connectivity index (χ3v) is 5.65. The fraction of sp³-hybridized carbons (Fsp3) is 0.294. The number of rotatable bonds is 4. The Bertz CT molecular complexity index is 878. The van der Waals surface area contributed by atoms with Crippen molar-refractivity contribution in [3.05, 3.63) is 42.5 Å². The van der Waals surface area contributed by atoms with Crippen LogP contribution in [0.15, 0.2) is 47.4 Å². The minimum Gasteiger partial charge on any atom is -0.493 e. The van der Waals surface area contributed by atoms with Gasteiger partial charge in [0.2, 0.25) is 10.0 Å². The number of nitrogens with one attached hydrogen (secondary N) is 1. The lowest BCUT2D eigenvalue weighted by Gasteiger charge is -2.31. The first-order valence-corrected chi connectivity index (χ1v) is 9.28. The number of fused-ring (bicyclic) bond motifs is 1. The lowest BCUT2D eigenvalue weighted by Crippen LogP contribution is -2.44. The number of para-hydroxylation sites is 2. The van der Waals surface area contributed by atoms with Crippen LogP contribution in [0.3, 0.4) is 0 Å². The van der Waals surface area contributed by atoms with Crippen LogP contribution in [0.4, 0.5) is 5.69 Å². The number of sulfonamides is 1. The summed E-state index contributed by atoms with van der Waals surface area (Å²) in [7, 11) is -1.95. The van der Waals surface area contributed by atoms with Crippen LogP contribution < -0.4 is 19.1 Å². The molecule has 6 nitrogen and oxygen atoms in total. The molecule has 1 aliphatic heterocycles. The Hall–Kier alpha value is -2.25. The number of hydrogen-bond donors (Lipinski definition) is 1. The third kappa shape index (κ3) is 2.70. The second-order valence-electron chi connectivity index (χ2n) is 5.89. The van der Waals surface area contributed by atoms with Crippen LogP contribution in [0.5, 0.6) is 17.2 Å². The molecule has 0 spiro atoms. The normalized spacial score (nSPS) is 18.8. The van der Waals surface area contributed by atoms with Crippen LogP contribution >= 0.6 is 0 Å². The molecular formula is C17H18N2O4S. The maximum atomic E-state index is 12.4. The van der Waals surface area contributed by atoms with Gasteiger partial charge in [0.05, 0.1) is 19.5 Å². The summed E-state index contributed by atoms with van der Waals surface area (Å²) < 4.78 is 38.5. The number of nitrogens with zero attached hydrogens (tertiary/aromatic N) is 1. The second kappa shape index (κ2) is 5.68. The lowest BCUT2D eigenvalue weighted by atomic mass is 10.2. The van der Waals surface area contributed by atoms with E-state index in [9.17, 15) is 8.42 Å². The van der Waals surface area contributed by atoms with Crippen LogP contribution in [0.1, 0.15) is 12.8 Å². The molecule has 126 valence electrons. The molecule has 2 aromatic carbocycles. The molecule has 0 atom stereocenters. The molecule has 4 rings (SSSR count). The molecule has 1 N–H and O–H groups in total. The summed E-state index contributed by atoms with van der Waals surface area (Å²) in [6, 6.07) is 12.9. The molecule has 1 fully saturated rings. The average molecular weight is 346 g/mol. The summed E-state index contributed by atoms with van der Waals surface area (Å²) in [5, 5.41) is 0. The largest absolute Gasteiger partial charge is 0.493 e. The van der Waals surface area contributed by atoms with Crippen LogP contribution in [0, 0.1) is 0 Å². The highest BCUT2D eigenvalue weighted by molar-refractivity contribution is 7.89. The van der Waals surface area contributed by atoms with Gasteiger partial charge in [0.25, 0.3) is 0 Å². The topological polar surface area (TPSA) is 67.9 Å². The number of ether oxygens (including phenoxy) is 2. The molecule has 0 bridgehead atoms. The quantitative estimate of drug-likeness (QED) is 0.922. The van der Waals surface area contributed by atoms with Crippen molar-refractivity contribution in [1.29, 1.82) is 0 Å². The van der Waals surface area contributed by atoms with Crippen molar-refractivity contribution in [2.75, 3.05) is 18.7 Å². The van der Waals surface area contributed by atoms with Gasteiger partial charge in [-0.15, -0.1) is 0 Å². The molecule has 1 aliphatic carbocycles. The van der Waals surface area contributed by atoms with Crippen molar-refractivity contribution in [2.45, 2.75) is 23.8 Å². The van der Waals surface area contributed by atoms with Gasteiger partial charge in [-0.05, 0) is 37.1 Å². The predicted octanol–water partition coefficient (Wildman–Crippen LogP) is 2.71. The first kappa shape index (κ1) is 15.3. The van der Waals surface area contributed by atoms with Crippen molar-refractivity contribution < 1.29 is 17.9 Å². The highest BCUT2D eigenvalue weighted by atomic mass is 32.2.